The molecule has 11 rings (SSSR count). The second kappa shape index (κ2) is 35.2. The van der Waals surface area contributed by atoms with E-state index in [2.05, 4.69) is 46.0 Å². The van der Waals surface area contributed by atoms with Gasteiger partial charge in [-0.15, -0.1) is 0 Å². The third kappa shape index (κ3) is 19.8. The Bertz CT molecular complexity index is 3450. The summed E-state index contributed by atoms with van der Waals surface area (Å²) in [6.45, 7) is 14.7. The summed E-state index contributed by atoms with van der Waals surface area (Å²) in [7, 11) is -2.52. The third-order valence-corrected chi connectivity index (χ3v) is 22.7. The molecule has 8 aromatic carbocycles. The first-order chi connectivity index (χ1) is 46.8. The summed E-state index contributed by atoms with van der Waals surface area (Å²) in [4.78, 5) is 0. The largest absolute Gasteiger partial charge is 0.409 e. The molecule has 508 valence electrons. The minimum Gasteiger partial charge on any atom is -0.409 e. The van der Waals surface area contributed by atoms with Crippen LogP contribution in [0.1, 0.15) is 72.2 Å². The van der Waals surface area contributed by atoms with E-state index in [1.807, 2.05) is 237 Å². The number of ether oxygens (including phenoxy) is 13. The first-order valence-corrected chi connectivity index (χ1v) is 36.5. The minimum absolute atomic E-state index is 0.0148. The molecule has 0 spiro atoms. The Balaban J connectivity index is 1.03. The zero-order chi connectivity index (χ0) is 66.5. The molecular formula is C80H94O15Si. The average Bonchev–Trinajstić information content (AvgIpc) is 0.770. The monoisotopic (exact) mass is 1320 g/mol. The normalized spacial score (nSPS) is 26.3. The van der Waals surface area contributed by atoms with Crippen LogP contribution in [0.3, 0.4) is 0 Å². The maximum atomic E-state index is 12.3. The molecule has 15 atom stereocenters. The van der Waals surface area contributed by atoms with Gasteiger partial charge in [-0.05, 0) is 69.6 Å². The zero-order valence-corrected chi connectivity index (χ0v) is 57.0. The number of aliphatic hydroxyl groups is 1. The fraction of sp³-hybridized carbons (Fsp3) is 0.400. The van der Waals surface area contributed by atoms with Crippen LogP contribution in [-0.4, -0.2) is 119 Å². The molecule has 0 amide bonds. The summed E-state index contributed by atoms with van der Waals surface area (Å²) in [5.41, 5.74) is 7.44. The van der Waals surface area contributed by atoms with E-state index in [0.717, 1.165) is 44.5 Å². The highest BCUT2D eigenvalue weighted by atomic mass is 28.4. The average molecular weight is 1320 g/mol. The second-order valence-electron chi connectivity index (χ2n) is 26.4. The van der Waals surface area contributed by atoms with Gasteiger partial charge in [0, 0.05) is 0 Å². The van der Waals surface area contributed by atoms with Crippen molar-refractivity contribution in [1.29, 1.82) is 0 Å². The quantitative estimate of drug-likeness (QED) is 0.0398. The fourth-order valence-corrected chi connectivity index (χ4v) is 13.3. The van der Waals surface area contributed by atoms with Gasteiger partial charge >= 0.3 is 0 Å². The van der Waals surface area contributed by atoms with Crippen LogP contribution in [0.2, 0.25) is 18.1 Å². The lowest BCUT2D eigenvalue weighted by Crippen LogP contribution is -2.68. The highest BCUT2D eigenvalue weighted by molar-refractivity contribution is 6.74. The van der Waals surface area contributed by atoms with Crippen LogP contribution in [0.5, 0.6) is 0 Å². The van der Waals surface area contributed by atoms with Crippen molar-refractivity contribution in [2.24, 2.45) is 0 Å². The Labute approximate surface area is 567 Å². The SMILES string of the molecule is C[C@H]1O[C@@H](O[C@H]2[C@H](OCc3ccccc3)[C@@H](OCc3ccccc3)[C@@H](O[C@H]3[C@H](OCc4ccccc4)[C@@H](OCc4ccccc4)[C@H](O)O[C@@H]3COCc3ccccc3)O[C@@H]2COCc2ccccc2)[C@H](OCc2ccccc2)[C@@H](OCc2ccccc2)[C@H]1O[Si](C)(C)C(C)(C)C. The highest BCUT2D eigenvalue weighted by Gasteiger charge is 2.57. The number of hydrogen-bond donors (Lipinski definition) is 1. The van der Waals surface area contributed by atoms with Crippen LogP contribution < -0.4 is 0 Å². The molecule has 8 aromatic rings. The summed E-state index contributed by atoms with van der Waals surface area (Å²) in [5.74, 6) is 0. The topological polar surface area (TPSA) is 149 Å². The van der Waals surface area contributed by atoms with Gasteiger partial charge in [-0.2, -0.15) is 0 Å². The van der Waals surface area contributed by atoms with E-state index in [0.29, 0.717) is 0 Å². The van der Waals surface area contributed by atoms with Crippen LogP contribution in [0.15, 0.2) is 243 Å². The van der Waals surface area contributed by atoms with Gasteiger partial charge in [0.05, 0.1) is 78.3 Å². The number of hydrogen-bond acceptors (Lipinski definition) is 15. The summed E-state index contributed by atoms with van der Waals surface area (Å²) in [6, 6.07) is 79.7. The number of rotatable bonds is 32. The Morgan fingerprint density at radius 2 is 0.583 bits per heavy atom. The fourth-order valence-electron chi connectivity index (χ4n) is 12.0. The van der Waals surface area contributed by atoms with Gasteiger partial charge in [0.2, 0.25) is 0 Å². The van der Waals surface area contributed by atoms with E-state index in [1.165, 1.54) is 0 Å². The van der Waals surface area contributed by atoms with Crippen LogP contribution in [-0.2, 0) is 119 Å². The van der Waals surface area contributed by atoms with Gasteiger partial charge in [0.25, 0.3) is 0 Å². The zero-order valence-electron chi connectivity index (χ0n) is 56.0. The molecule has 0 aliphatic carbocycles. The van der Waals surface area contributed by atoms with Crippen LogP contribution in [0.4, 0.5) is 0 Å². The molecule has 0 bridgehead atoms. The Morgan fingerprint density at radius 1 is 0.323 bits per heavy atom. The molecule has 3 saturated heterocycles. The Hall–Kier alpha value is -6.62. The standard InChI is InChI=1S/C80H94O15Si/c1-57-68(95-96(5,6)80(2,3)4)71(84-49-60-35-19-9-20-36-60)75(88-53-64-43-27-13-28-44-64)78(90-57)93-70-67(56-83-48-59-33-17-8-18-34-59)92-79(76(89-54-65-45-29-14-30-46-65)73(70)86-51-62-39-23-11-24-40-62)94-69-66(55-82-47-58-31-15-7-16-32-58)91-77(81)74(87-52-63-41-25-12-26-42-63)72(69)85-50-61-37-21-10-22-38-61/h7-46,57,66-79,81H,47-56H2,1-6H3/t57-,66-,67-,68+,69-,70-,71+,72+,73+,74-,75-,76-,77-,78+,79-/m1/s1. The Kier molecular flexibility index (Phi) is 25.9. The van der Waals surface area contributed by atoms with Crippen molar-refractivity contribution in [1.82, 2.24) is 0 Å². The first-order valence-electron chi connectivity index (χ1n) is 33.6. The third-order valence-electron chi connectivity index (χ3n) is 18.2. The molecule has 15 nitrogen and oxygen atoms in total. The van der Waals surface area contributed by atoms with Crippen molar-refractivity contribution in [2.75, 3.05) is 13.2 Å². The van der Waals surface area contributed by atoms with Crippen LogP contribution in [0, 0.1) is 0 Å². The van der Waals surface area contributed by atoms with Crippen molar-refractivity contribution < 1.29 is 71.1 Å². The van der Waals surface area contributed by atoms with Crippen molar-refractivity contribution in [3.8, 4) is 0 Å². The van der Waals surface area contributed by atoms with Crippen molar-refractivity contribution in [3.63, 3.8) is 0 Å². The lowest BCUT2D eigenvalue weighted by Gasteiger charge is -2.52. The van der Waals surface area contributed by atoms with Crippen molar-refractivity contribution in [2.45, 2.75) is 191 Å². The number of aliphatic hydroxyl groups excluding tert-OH is 1. The predicted octanol–water partition coefficient (Wildman–Crippen LogP) is 14.3. The summed E-state index contributed by atoms with van der Waals surface area (Å²) in [6.07, 6.45) is -14.8. The van der Waals surface area contributed by atoms with E-state index in [1.54, 1.807) is 0 Å². The van der Waals surface area contributed by atoms with E-state index in [9.17, 15) is 5.11 Å². The predicted molar refractivity (Wildman–Crippen MR) is 368 cm³/mol. The molecular weight excluding hydrogens is 1230 g/mol. The molecule has 3 aliphatic heterocycles. The second-order valence-corrected chi connectivity index (χ2v) is 31.2. The molecule has 16 heteroatoms. The molecule has 0 unspecified atom stereocenters. The molecule has 0 radical (unpaired) electrons. The molecule has 0 saturated carbocycles. The van der Waals surface area contributed by atoms with Crippen LogP contribution >= 0.6 is 0 Å². The molecule has 1 N–H and O–H groups in total. The molecule has 0 aromatic heterocycles. The maximum absolute atomic E-state index is 12.3. The molecule has 96 heavy (non-hydrogen) atoms. The first kappa shape index (κ1) is 70.7. The summed E-state index contributed by atoms with van der Waals surface area (Å²) < 4.78 is 101. The summed E-state index contributed by atoms with van der Waals surface area (Å²) >= 11 is 0. The van der Waals surface area contributed by atoms with E-state index in [4.69, 9.17) is 66.0 Å². The van der Waals surface area contributed by atoms with E-state index in [-0.39, 0.29) is 71.1 Å². The lowest BCUT2D eigenvalue weighted by molar-refractivity contribution is -0.391. The van der Waals surface area contributed by atoms with Gasteiger partial charge in [0.15, 0.2) is 27.2 Å². The van der Waals surface area contributed by atoms with E-state index < -0.39 is 100 Å². The van der Waals surface area contributed by atoms with E-state index >= 15 is 0 Å². The molecule has 3 aliphatic rings. The molecule has 3 heterocycles. The van der Waals surface area contributed by atoms with Crippen molar-refractivity contribution >= 4 is 8.32 Å². The Morgan fingerprint density at radius 3 is 0.906 bits per heavy atom. The van der Waals surface area contributed by atoms with Gasteiger partial charge in [-0.3, -0.25) is 0 Å². The van der Waals surface area contributed by atoms with Gasteiger partial charge in [0.1, 0.15) is 61.0 Å². The highest BCUT2D eigenvalue weighted by Crippen LogP contribution is 2.43. The number of benzene rings is 8. The van der Waals surface area contributed by atoms with Crippen LogP contribution in [0.25, 0.3) is 0 Å². The van der Waals surface area contributed by atoms with Gasteiger partial charge in [-0.25, -0.2) is 0 Å². The smallest absolute Gasteiger partial charge is 0.192 e. The lowest BCUT2D eigenvalue weighted by atomic mass is 9.95. The molecule has 3 fully saturated rings. The summed E-state index contributed by atoms with van der Waals surface area (Å²) in [5, 5.41) is 12.2. The van der Waals surface area contributed by atoms with Gasteiger partial charge in [-0.1, -0.05) is 263 Å². The maximum Gasteiger partial charge on any atom is 0.192 e. The van der Waals surface area contributed by atoms with Crippen molar-refractivity contribution in [3.05, 3.63) is 287 Å². The minimum atomic E-state index is -2.52. The van der Waals surface area contributed by atoms with Gasteiger partial charge < -0.3 is 71.1 Å².